The number of carbonyl (C=O) groups excluding carboxylic acids is 1. The molecule has 1 amide bonds. The standard InChI is InChI=1S/C16H12ClN3OS/c1-10-12(17)5-2-6-13(10)19-15(21)14-9-22-16(20-14)11-4-3-7-18-8-11/h2-9H,1H3,(H,19,21). The zero-order chi connectivity index (χ0) is 15.5. The SMILES string of the molecule is Cc1c(Cl)cccc1NC(=O)c1csc(-c2cccnc2)n1. The van der Waals surface area contributed by atoms with E-state index in [4.69, 9.17) is 11.6 Å². The summed E-state index contributed by atoms with van der Waals surface area (Å²) in [5.74, 6) is -0.253. The Labute approximate surface area is 136 Å². The highest BCUT2D eigenvalue weighted by Gasteiger charge is 2.13. The first-order valence-electron chi connectivity index (χ1n) is 6.57. The summed E-state index contributed by atoms with van der Waals surface area (Å²) in [5, 5.41) is 5.95. The van der Waals surface area contributed by atoms with Gasteiger partial charge >= 0.3 is 0 Å². The first-order valence-corrected chi connectivity index (χ1v) is 7.83. The molecule has 0 saturated carbocycles. The van der Waals surface area contributed by atoms with E-state index in [2.05, 4.69) is 15.3 Å². The van der Waals surface area contributed by atoms with Crippen LogP contribution in [-0.4, -0.2) is 15.9 Å². The molecule has 1 N–H and O–H groups in total. The molecule has 0 radical (unpaired) electrons. The number of anilines is 1. The second kappa shape index (κ2) is 6.25. The Morgan fingerprint density at radius 2 is 2.14 bits per heavy atom. The van der Waals surface area contributed by atoms with Crippen molar-refractivity contribution < 1.29 is 4.79 Å². The molecule has 4 nitrogen and oxygen atoms in total. The highest BCUT2D eigenvalue weighted by atomic mass is 35.5. The van der Waals surface area contributed by atoms with Gasteiger partial charge in [0.1, 0.15) is 10.7 Å². The zero-order valence-electron chi connectivity index (χ0n) is 11.7. The molecule has 22 heavy (non-hydrogen) atoms. The van der Waals surface area contributed by atoms with Crippen molar-refractivity contribution in [2.45, 2.75) is 6.92 Å². The summed E-state index contributed by atoms with van der Waals surface area (Å²) in [6, 6.07) is 9.15. The van der Waals surface area contributed by atoms with Crippen LogP contribution in [-0.2, 0) is 0 Å². The van der Waals surface area contributed by atoms with Crippen LogP contribution < -0.4 is 5.32 Å². The summed E-state index contributed by atoms with van der Waals surface area (Å²) in [5.41, 5.74) is 2.79. The minimum Gasteiger partial charge on any atom is -0.320 e. The molecule has 0 aliphatic heterocycles. The van der Waals surface area contributed by atoms with Crippen LogP contribution in [0.3, 0.4) is 0 Å². The molecular formula is C16H12ClN3OS. The summed E-state index contributed by atoms with van der Waals surface area (Å²) in [6.45, 7) is 1.86. The Hall–Kier alpha value is -2.24. The highest BCUT2D eigenvalue weighted by molar-refractivity contribution is 7.13. The number of pyridine rings is 1. The maximum Gasteiger partial charge on any atom is 0.275 e. The van der Waals surface area contributed by atoms with Gasteiger partial charge in [0.05, 0.1) is 0 Å². The molecule has 6 heteroatoms. The first-order chi connectivity index (χ1) is 10.6. The molecule has 2 heterocycles. The van der Waals surface area contributed by atoms with Crippen LogP contribution in [0, 0.1) is 6.92 Å². The van der Waals surface area contributed by atoms with Crippen LogP contribution in [0.4, 0.5) is 5.69 Å². The Balaban J connectivity index is 1.82. The van der Waals surface area contributed by atoms with Crippen LogP contribution in [0.2, 0.25) is 5.02 Å². The fourth-order valence-corrected chi connectivity index (χ4v) is 2.89. The van der Waals surface area contributed by atoms with Gasteiger partial charge in [-0.3, -0.25) is 9.78 Å². The van der Waals surface area contributed by atoms with E-state index in [0.717, 1.165) is 16.1 Å². The molecule has 0 fully saturated rings. The Bertz CT molecular complexity index is 817. The molecule has 3 aromatic rings. The summed E-state index contributed by atoms with van der Waals surface area (Å²) in [7, 11) is 0. The minimum atomic E-state index is -0.253. The summed E-state index contributed by atoms with van der Waals surface area (Å²) < 4.78 is 0. The van der Waals surface area contributed by atoms with E-state index in [-0.39, 0.29) is 5.91 Å². The number of amides is 1. The lowest BCUT2D eigenvalue weighted by molar-refractivity contribution is 0.102. The molecule has 0 spiro atoms. The Kier molecular flexibility index (Phi) is 4.18. The van der Waals surface area contributed by atoms with Gasteiger partial charge in [0.2, 0.25) is 0 Å². The van der Waals surface area contributed by atoms with Gasteiger partial charge in [-0.15, -0.1) is 11.3 Å². The number of nitrogens with zero attached hydrogens (tertiary/aromatic N) is 2. The Morgan fingerprint density at radius 3 is 2.91 bits per heavy atom. The maximum atomic E-state index is 12.3. The number of benzene rings is 1. The van der Waals surface area contributed by atoms with Crippen molar-refractivity contribution >= 4 is 34.5 Å². The summed E-state index contributed by atoms with van der Waals surface area (Å²) in [6.07, 6.45) is 3.42. The Morgan fingerprint density at radius 1 is 1.27 bits per heavy atom. The van der Waals surface area contributed by atoms with Gasteiger partial charge in [-0.05, 0) is 36.8 Å². The number of hydrogen-bond acceptors (Lipinski definition) is 4. The lowest BCUT2D eigenvalue weighted by atomic mass is 10.2. The lowest BCUT2D eigenvalue weighted by Gasteiger charge is -2.08. The normalized spacial score (nSPS) is 10.5. The quantitative estimate of drug-likeness (QED) is 0.774. The van der Waals surface area contributed by atoms with Crippen molar-refractivity contribution in [3.63, 3.8) is 0 Å². The number of thiazole rings is 1. The van der Waals surface area contributed by atoms with Gasteiger partial charge in [-0.1, -0.05) is 17.7 Å². The van der Waals surface area contributed by atoms with Crippen molar-refractivity contribution in [3.05, 3.63) is 64.4 Å². The van der Waals surface area contributed by atoms with Crippen molar-refractivity contribution in [2.24, 2.45) is 0 Å². The number of rotatable bonds is 3. The van der Waals surface area contributed by atoms with Gasteiger partial charge in [0.15, 0.2) is 0 Å². The molecule has 0 atom stereocenters. The monoisotopic (exact) mass is 329 g/mol. The first kappa shape index (κ1) is 14.7. The van der Waals surface area contributed by atoms with E-state index in [0.29, 0.717) is 16.4 Å². The van der Waals surface area contributed by atoms with Crippen LogP contribution in [0.1, 0.15) is 16.1 Å². The van der Waals surface area contributed by atoms with E-state index >= 15 is 0 Å². The molecule has 110 valence electrons. The van der Waals surface area contributed by atoms with Crippen molar-refractivity contribution in [1.82, 2.24) is 9.97 Å². The topological polar surface area (TPSA) is 54.9 Å². The van der Waals surface area contributed by atoms with Crippen LogP contribution >= 0.6 is 22.9 Å². The largest absolute Gasteiger partial charge is 0.320 e. The molecule has 0 unspecified atom stereocenters. The predicted octanol–water partition coefficient (Wildman–Crippen LogP) is 4.42. The zero-order valence-corrected chi connectivity index (χ0v) is 13.3. The molecule has 0 aliphatic rings. The van der Waals surface area contributed by atoms with Gasteiger partial charge in [0, 0.05) is 34.0 Å². The van der Waals surface area contributed by atoms with E-state index in [1.165, 1.54) is 11.3 Å². The molecule has 1 aromatic carbocycles. The fourth-order valence-electron chi connectivity index (χ4n) is 1.93. The number of halogens is 1. The third-order valence-corrected chi connectivity index (χ3v) is 4.46. The highest BCUT2D eigenvalue weighted by Crippen LogP contribution is 2.25. The fraction of sp³-hybridized carbons (Fsp3) is 0.0625. The van der Waals surface area contributed by atoms with Crippen molar-refractivity contribution in [2.75, 3.05) is 5.32 Å². The number of carbonyl (C=O) groups is 1. The number of nitrogens with one attached hydrogen (secondary N) is 1. The summed E-state index contributed by atoms with van der Waals surface area (Å²) in [4.78, 5) is 20.7. The van der Waals surface area contributed by atoms with E-state index < -0.39 is 0 Å². The smallest absolute Gasteiger partial charge is 0.275 e. The lowest BCUT2D eigenvalue weighted by Crippen LogP contribution is -2.13. The molecule has 0 saturated heterocycles. The molecular weight excluding hydrogens is 318 g/mol. The third-order valence-electron chi connectivity index (χ3n) is 3.16. The van der Waals surface area contributed by atoms with Gasteiger partial charge in [-0.25, -0.2) is 4.98 Å². The average Bonchev–Trinajstić information content (AvgIpc) is 3.03. The van der Waals surface area contributed by atoms with Crippen LogP contribution in [0.5, 0.6) is 0 Å². The molecule has 2 aromatic heterocycles. The number of hydrogen-bond donors (Lipinski definition) is 1. The number of aromatic nitrogens is 2. The van der Waals surface area contributed by atoms with Crippen molar-refractivity contribution in [3.8, 4) is 10.6 Å². The average molecular weight is 330 g/mol. The third kappa shape index (κ3) is 3.00. The predicted molar refractivity (Wildman–Crippen MR) is 89.5 cm³/mol. The van der Waals surface area contributed by atoms with Gasteiger partial charge in [-0.2, -0.15) is 0 Å². The van der Waals surface area contributed by atoms with Crippen LogP contribution in [0.15, 0.2) is 48.1 Å². The molecule has 0 bridgehead atoms. The van der Waals surface area contributed by atoms with Gasteiger partial charge in [0.25, 0.3) is 5.91 Å². The van der Waals surface area contributed by atoms with E-state index in [1.807, 2.05) is 25.1 Å². The van der Waals surface area contributed by atoms with Crippen LogP contribution in [0.25, 0.3) is 10.6 Å². The second-order valence-corrected chi connectivity index (χ2v) is 5.91. The van der Waals surface area contributed by atoms with E-state index in [1.54, 1.807) is 29.9 Å². The van der Waals surface area contributed by atoms with E-state index in [9.17, 15) is 4.79 Å². The second-order valence-electron chi connectivity index (χ2n) is 4.65. The van der Waals surface area contributed by atoms with Gasteiger partial charge < -0.3 is 5.32 Å². The summed E-state index contributed by atoms with van der Waals surface area (Å²) >= 11 is 7.47. The minimum absolute atomic E-state index is 0.253. The maximum absolute atomic E-state index is 12.3. The molecule has 3 rings (SSSR count). The molecule has 0 aliphatic carbocycles. The van der Waals surface area contributed by atoms with Crippen molar-refractivity contribution in [1.29, 1.82) is 0 Å².